The summed E-state index contributed by atoms with van der Waals surface area (Å²) >= 11 is 3.45. The van der Waals surface area contributed by atoms with E-state index in [0.717, 1.165) is 41.3 Å². The molecule has 2 aliphatic heterocycles. The number of ether oxygens (including phenoxy) is 1. The summed E-state index contributed by atoms with van der Waals surface area (Å²) in [5.41, 5.74) is 1.31. The van der Waals surface area contributed by atoms with Crippen LogP contribution in [-0.2, 0) is 11.3 Å². The molecule has 7 heteroatoms. The molecular weight excluding hydrogens is 450 g/mol. The molecule has 1 amide bonds. The molecule has 5 nitrogen and oxygen atoms in total. The van der Waals surface area contributed by atoms with Gasteiger partial charge in [-0.2, -0.15) is 0 Å². The average molecular weight is 476 g/mol. The number of carbonyl (C=O) groups is 1. The van der Waals surface area contributed by atoms with E-state index in [2.05, 4.69) is 39.5 Å². The predicted octanol–water partition coefficient (Wildman–Crippen LogP) is 5.93. The quantitative estimate of drug-likeness (QED) is 0.388. The average Bonchev–Trinajstić information content (AvgIpc) is 3.05. The molecule has 7 rings (SSSR count). The van der Waals surface area contributed by atoms with Gasteiger partial charge in [-0.25, -0.2) is 4.98 Å². The topological polar surface area (TPSA) is 54.5 Å². The summed E-state index contributed by atoms with van der Waals surface area (Å²) in [6.45, 7) is 2.66. The lowest BCUT2D eigenvalue weighted by atomic mass is 9.92. The summed E-state index contributed by atoms with van der Waals surface area (Å²) in [6.07, 6.45) is 4.79. The van der Waals surface area contributed by atoms with Gasteiger partial charge in [-0.15, -0.1) is 11.3 Å². The highest BCUT2D eigenvalue weighted by atomic mass is 32.1. The van der Waals surface area contributed by atoms with Crippen LogP contribution in [0.5, 0.6) is 10.9 Å². The van der Waals surface area contributed by atoms with Gasteiger partial charge in [0.05, 0.1) is 10.2 Å². The highest BCUT2D eigenvalue weighted by Crippen LogP contribution is 2.64. The van der Waals surface area contributed by atoms with Crippen LogP contribution in [0.1, 0.15) is 37.5 Å². The number of para-hydroxylation sites is 1. The fourth-order valence-electron chi connectivity index (χ4n) is 6.33. The third-order valence-corrected chi connectivity index (χ3v) is 9.68. The minimum Gasteiger partial charge on any atom is -0.431 e. The summed E-state index contributed by atoms with van der Waals surface area (Å²) in [5.74, 6) is 1.77. The van der Waals surface area contributed by atoms with E-state index in [0.29, 0.717) is 22.8 Å². The molecule has 2 saturated heterocycles. The van der Waals surface area contributed by atoms with Gasteiger partial charge in [0, 0.05) is 40.7 Å². The van der Waals surface area contributed by atoms with Gasteiger partial charge in [-0.3, -0.25) is 9.69 Å². The number of rotatable bonds is 5. The van der Waals surface area contributed by atoms with Crippen LogP contribution in [0.3, 0.4) is 0 Å². The molecule has 3 fully saturated rings. The number of benzene rings is 2. The lowest BCUT2D eigenvalue weighted by Gasteiger charge is -2.42. The largest absolute Gasteiger partial charge is 0.431 e. The zero-order valence-electron chi connectivity index (χ0n) is 18.4. The summed E-state index contributed by atoms with van der Waals surface area (Å²) < 4.78 is 8.51. The van der Waals surface area contributed by atoms with Crippen molar-refractivity contribution in [2.45, 2.75) is 56.8 Å². The van der Waals surface area contributed by atoms with E-state index in [1.54, 1.807) is 18.3 Å². The van der Waals surface area contributed by atoms with Gasteiger partial charge in [0.1, 0.15) is 5.75 Å². The first-order valence-electron chi connectivity index (χ1n) is 11.7. The Bertz CT molecular complexity index is 1360. The maximum absolute atomic E-state index is 11.6. The van der Waals surface area contributed by atoms with Crippen molar-refractivity contribution < 1.29 is 9.53 Å². The number of hydrogen-bond acceptors (Lipinski definition) is 6. The third-order valence-electron chi connectivity index (χ3n) is 7.68. The first kappa shape index (κ1) is 19.9. The van der Waals surface area contributed by atoms with Crippen molar-refractivity contribution in [3.8, 4) is 10.9 Å². The normalized spacial score (nSPS) is 28.2. The Kier molecular flexibility index (Phi) is 4.39. The van der Waals surface area contributed by atoms with Crippen molar-refractivity contribution in [1.82, 2.24) is 15.2 Å². The molecule has 1 spiro atoms. The fraction of sp³-hybridized carbons (Fsp3) is 0.385. The third kappa shape index (κ3) is 3.36. The lowest BCUT2D eigenvalue weighted by Crippen LogP contribution is -2.52. The molecule has 168 valence electrons. The molecule has 2 unspecified atom stereocenters. The highest BCUT2D eigenvalue weighted by molar-refractivity contribution is 7.20. The van der Waals surface area contributed by atoms with Gasteiger partial charge in [-0.05, 0) is 73.4 Å². The minimum atomic E-state index is 0.106. The molecule has 2 bridgehead atoms. The van der Waals surface area contributed by atoms with Gasteiger partial charge in [-0.1, -0.05) is 23.5 Å². The fourth-order valence-corrected chi connectivity index (χ4v) is 8.25. The summed E-state index contributed by atoms with van der Waals surface area (Å²) in [5, 5.41) is 5.15. The number of carbonyl (C=O) groups excluding carboxylic acids is 1. The summed E-state index contributed by atoms with van der Waals surface area (Å²) in [7, 11) is 0. The van der Waals surface area contributed by atoms with E-state index < -0.39 is 0 Å². The van der Waals surface area contributed by atoms with E-state index in [1.807, 2.05) is 35.6 Å². The molecule has 4 aromatic rings. The predicted molar refractivity (Wildman–Crippen MR) is 133 cm³/mol. The van der Waals surface area contributed by atoms with Crippen LogP contribution in [0.2, 0.25) is 0 Å². The molecule has 1 saturated carbocycles. The van der Waals surface area contributed by atoms with E-state index in [9.17, 15) is 4.79 Å². The summed E-state index contributed by atoms with van der Waals surface area (Å²) in [4.78, 5) is 20.4. The number of piperidine rings is 2. The van der Waals surface area contributed by atoms with E-state index in [4.69, 9.17) is 4.74 Å². The number of hydrogen-bond donors (Lipinski definition) is 1. The zero-order valence-corrected chi connectivity index (χ0v) is 20.0. The lowest BCUT2D eigenvalue weighted by molar-refractivity contribution is -0.120. The zero-order chi connectivity index (χ0) is 22.2. The van der Waals surface area contributed by atoms with Crippen LogP contribution in [0.4, 0.5) is 0 Å². The molecule has 2 aromatic carbocycles. The molecule has 2 aromatic heterocycles. The van der Waals surface area contributed by atoms with Gasteiger partial charge < -0.3 is 10.1 Å². The second-order valence-corrected chi connectivity index (χ2v) is 12.0. The second-order valence-electron chi connectivity index (χ2n) is 9.82. The molecule has 4 heterocycles. The maximum Gasteiger partial charge on any atom is 0.279 e. The van der Waals surface area contributed by atoms with Crippen molar-refractivity contribution in [3.05, 3.63) is 53.4 Å². The van der Waals surface area contributed by atoms with Crippen LogP contribution < -0.4 is 10.1 Å². The monoisotopic (exact) mass is 475 g/mol. The smallest absolute Gasteiger partial charge is 0.279 e. The summed E-state index contributed by atoms with van der Waals surface area (Å²) in [6, 6.07) is 17.8. The van der Waals surface area contributed by atoms with E-state index in [-0.39, 0.29) is 5.91 Å². The van der Waals surface area contributed by atoms with Crippen molar-refractivity contribution in [2.75, 3.05) is 0 Å². The van der Waals surface area contributed by atoms with Gasteiger partial charge >= 0.3 is 0 Å². The molecule has 1 N–H and O–H groups in total. The Morgan fingerprint density at radius 2 is 2.06 bits per heavy atom. The highest BCUT2D eigenvalue weighted by Gasteiger charge is 2.67. The van der Waals surface area contributed by atoms with Gasteiger partial charge in [0.25, 0.3) is 5.19 Å². The Balaban J connectivity index is 1.10. The first-order valence-corrected chi connectivity index (χ1v) is 13.3. The van der Waals surface area contributed by atoms with Crippen LogP contribution in [0.15, 0.2) is 48.5 Å². The van der Waals surface area contributed by atoms with Gasteiger partial charge in [0.2, 0.25) is 5.91 Å². The number of amides is 1. The van der Waals surface area contributed by atoms with Crippen molar-refractivity contribution in [3.63, 3.8) is 0 Å². The van der Waals surface area contributed by atoms with Crippen LogP contribution >= 0.6 is 22.7 Å². The molecule has 33 heavy (non-hydrogen) atoms. The van der Waals surface area contributed by atoms with Crippen LogP contribution in [0, 0.1) is 5.92 Å². The van der Waals surface area contributed by atoms with Crippen LogP contribution in [0.25, 0.3) is 20.3 Å². The number of fused-ring (bicyclic) bond motifs is 3. The number of thiophene rings is 1. The first-order chi connectivity index (χ1) is 16.1. The van der Waals surface area contributed by atoms with E-state index >= 15 is 0 Å². The SMILES string of the molecule is CC(=O)N[C@@H]1C[C@@H]2CC3CC3(C1)N2Cc1cc2ccc(Oc3nc4ccccc4s3)cc2s1. The minimum absolute atomic E-state index is 0.106. The number of nitrogens with one attached hydrogen (secondary N) is 1. The van der Waals surface area contributed by atoms with Crippen LogP contribution in [-0.4, -0.2) is 33.4 Å². The second kappa shape index (κ2) is 7.26. The molecule has 3 aliphatic rings. The van der Waals surface area contributed by atoms with Crippen molar-refractivity contribution in [2.24, 2.45) is 5.92 Å². The number of aromatic nitrogens is 1. The Morgan fingerprint density at radius 3 is 2.91 bits per heavy atom. The van der Waals surface area contributed by atoms with Crippen molar-refractivity contribution >= 4 is 48.9 Å². The Hall–Kier alpha value is -2.48. The molecule has 1 aliphatic carbocycles. The van der Waals surface area contributed by atoms with Crippen molar-refractivity contribution in [1.29, 1.82) is 0 Å². The van der Waals surface area contributed by atoms with Gasteiger partial charge in [0.15, 0.2) is 0 Å². The maximum atomic E-state index is 11.6. The standard InChI is InChI=1S/C26H25N3O2S2/c1-15(30)27-18-10-19-9-17-12-26(17,13-18)29(19)14-21-8-16-6-7-20(11-24(16)32-21)31-25-28-22-4-2-3-5-23(22)33-25/h2-8,11,17-19H,9-10,12-14H2,1H3,(H,27,30)/t17?,18-,19+,26?/m1/s1. The number of nitrogens with zero attached hydrogens (tertiary/aromatic N) is 2. The molecule has 4 atom stereocenters. The Morgan fingerprint density at radius 1 is 1.15 bits per heavy atom. The number of thiazole rings is 1. The molecule has 0 radical (unpaired) electrons. The molecular formula is C26H25N3O2S2. The Labute approximate surface area is 200 Å². The van der Waals surface area contributed by atoms with E-state index in [1.165, 1.54) is 27.8 Å².